The third-order valence-electron chi connectivity index (χ3n) is 5.13. The molecule has 0 aliphatic carbocycles. The van der Waals surface area contributed by atoms with Crippen molar-refractivity contribution in [2.24, 2.45) is 4.99 Å². The molecule has 0 saturated carbocycles. The largest absolute Gasteiger partial charge is 0.357 e. The molecule has 2 rings (SSSR count). The van der Waals surface area contributed by atoms with E-state index in [4.69, 9.17) is 4.99 Å². The minimum atomic E-state index is -3.14. The van der Waals surface area contributed by atoms with E-state index in [-0.39, 0.29) is 5.75 Å². The zero-order valence-electron chi connectivity index (χ0n) is 17.7. The van der Waals surface area contributed by atoms with Gasteiger partial charge in [0.2, 0.25) is 0 Å². The van der Waals surface area contributed by atoms with Gasteiger partial charge in [0, 0.05) is 25.7 Å². The van der Waals surface area contributed by atoms with E-state index in [1.165, 1.54) is 12.0 Å². The fourth-order valence-electron chi connectivity index (χ4n) is 3.28. The molecule has 1 unspecified atom stereocenters. The first-order valence-electron chi connectivity index (χ1n) is 10.3. The molecular weight excluding hydrogens is 372 g/mol. The molecular formula is C21H36N4O2S. The van der Waals surface area contributed by atoms with Gasteiger partial charge in [0.15, 0.2) is 15.8 Å². The number of benzene rings is 1. The number of guanidine groups is 1. The summed E-state index contributed by atoms with van der Waals surface area (Å²) in [7, 11) is -3.14. The molecule has 158 valence electrons. The third kappa shape index (κ3) is 6.78. The first-order valence-corrected chi connectivity index (χ1v) is 11.9. The number of hydrogen-bond acceptors (Lipinski definition) is 4. The molecule has 1 aliphatic rings. The normalized spacial score (nSPS) is 19.0. The Labute approximate surface area is 170 Å². The number of likely N-dealkylation sites (tertiary alicyclic amines) is 1. The summed E-state index contributed by atoms with van der Waals surface area (Å²) in [4.78, 5) is 7.22. The van der Waals surface area contributed by atoms with Gasteiger partial charge in [-0.15, -0.1) is 0 Å². The number of rotatable bonds is 8. The van der Waals surface area contributed by atoms with Gasteiger partial charge in [0.25, 0.3) is 0 Å². The van der Waals surface area contributed by atoms with E-state index in [0.717, 1.165) is 26.1 Å². The maximum Gasteiger partial charge on any atom is 0.191 e. The lowest BCUT2D eigenvalue weighted by Crippen LogP contribution is -2.42. The summed E-state index contributed by atoms with van der Waals surface area (Å²) < 4.78 is 23.8. The summed E-state index contributed by atoms with van der Waals surface area (Å²) in [6, 6.07) is 11.0. The number of aliphatic imine (C=N–C) groups is 1. The van der Waals surface area contributed by atoms with Crippen LogP contribution in [0.2, 0.25) is 0 Å². The second kappa shape index (κ2) is 10.3. The fraction of sp³-hybridized carbons (Fsp3) is 0.667. The molecule has 7 heteroatoms. The summed E-state index contributed by atoms with van der Waals surface area (Å²) in [5.41, 5.74) is 1.33. The lowest BCUT2D eigenvalue weighted by molar-refractivity contribution is 0.250. The van der Waals surface area contributed by atoms with Crippen molar-refractivity contribution in [1.29, 1.82) is 0 Å². The number of nitrogens with zero attached hydrogens (tertiary/aromatic N) is 2. The van der Waals surface area contributed by atoms with E-state index in [2.05, 4.69) is 39.8 Å². The van der Waals surface area contributed by atoms with E-state index >= 15 is 0 Å². The van der Waals surface area contributed by atoms with Crippen LogP contribution in [0, 0.1) is 0 Å². The average molecular weight is 409 g/mol. The van der Waals surface area contributed by atoms with E-state index in [1.54, 1.807) is 20.8 Å². The Morgan fingerprint density at radius 1 is 1.21 bits per heavy atom. The third-order valence-corrected chi connectivity index (χ3v) is 7.74. The van der Waals surface area contributed by atoms with Gasteiger partial charge in [-0.3, -0.25) is 9.89 Å². The smallest absolute Gasteiger partial charge is 0.191 e. The van der Waals surface area contributed by atoms with Gasteiger partial charge in [-0.25, -0.2) is 8.42 Å². The van der Waals surface area contributed by atoms with Crippen LogP contribution >= 0.6 is 0 Å². The van der Waals surface area contributed by atoms with Gasteiger partial charge in [-0.2, -0.15) is 0 Å². The van der Waals surface area contributed by atoms with Gasteiger partial charge >= 0.3 is 0 Å². The molecule has 0 bridgehead atoms. The molecule has 6 nitrogen and oxygen atoms in total. The molecule has 0 spiro atoms. The molecule has 1 atom stereocenters. The predicted octanol–water partition coefficient (Wildman–Crippen LogP) is 2.42. The Morgan fingerprint density at radius 3 is 2.57 bits per heavy atom. The molecule has 2 N–H and O–H groups in total. The van der Waals surface area contributed by atoms with E-state index in [9.17, 15) is 8.42 Å². The van der Waals surface area contributed by atoms with Crippen LogP contribution in [0.4, 0.5) is 0 Å². The lowest BCUT2D eigenvalue weighted by atomic mass is 10.2. The fourth-order valence-corrected chi connectivity index (χ4v) is 4.26. The van der Waals surface area contributed by atoms with Crippen molar-refractivity contribution in [1.82, 2.24) is 15.5 Å². The van der Waals surface area contributed by atoms with Crippen molar-refractivity contribution >= 4 is 15.8 Å². The topological polar surface area (TPSA) is 73.8 Å². The van der Waals surface area contributed by atoms with Crippen LogP contribution in [-0.2, 0) is 16.4 Å². The second-order valence-corrected chi connectivity index (χ2v) is 11.2. The molecule has 1 fully saturated rings. The highest BCUT2D eigenvalue weighted by atomic mass is 32.2. The van der Waals surface area contributed by atoms with Crippen molar-refractivity contribution in [2.45, 2.75) is 57.9 Å². The van der Waals surface area contributed by atoms with Crippen molar-refractivity contribution in [3.05, 3.63) is 35.9 Å². The van der Waals surface area contributed by atoms with Crippen LogP contribution < -0.4 is 10.6 Å². The zero-order valence-corrected chi connectivity index (χ0v) is 18.6. The van der Waals surface area contributed by atoms with Gasteiger partial charge < -0.3 is 10.6 Å². The van der Waals surface area contributed by atoms with Crippen LogP contribution in [0.25, 0.3) is 0 Å². The van der Waals surface area contributed by atoms with Crippen LogP contribution in [-0.4, -0.2) is 62.0 Å². The highest BCUT2D eigenvalue weighted by molar-refractivity contribution is 7.92. The molecule has 1 saturated heterocycles. The highest BCUT2D eigenvalue weighted by Gasteiger charge is 2.28. The molecule has 1 aliphatic heterocycles. The van der Waals surface area contributed by atoms with Crippen LogP contribution in [0.15, 0.2) is 35.3 Å². The summed E-state index contributed by atoms with van der Waals surface area (Å²) in [5, 5.41) is 6.40. The van der Waals surface area contributed by atoms with Crippen molar-refractivity contribution in [3.8, 4) is 0 Å². The summed E-state index contributed by atoms with van der Waals surface area (Å²) in [6.45, 7) is 11.1. The Balaban J connectivity index is 1.90. The molecule has 1 heterocycles. The maximum absolute atomic E-state index is 12.3. The minimum absolute atomic E-state index is 0.102. The zero-order chi connectivity index (χ0) is 20.6. The van der Waals surface area contributed by atoms with Crippen LogP contribution in [0.5, 0.6) is 0 Å². The molecule has 0 radical (unpaired) electrons. The van der Waals surface area contributed by atoms with Gasteiger partial charge in [-0.05, 0) is 52.6 Å². The number of hydrogen-bond donors (Lipinski definition) is 2. The highest BCUT2D eigenvalue weighted by Crippen LogP contribution is 2.20. The van der Waals surface area contributed by atoms with E-state index < -0.39 is 14.6 Å². The van der Waals surface area contributed by atoms with Gasteiger partial charge in [0.1, 0.15) is 0 Å². The summed E-state index contributed by atoms with van der Waals surface area (Å²) in [6.07, 6.45) is 2.34. The van der Waals surface area contributed by atoms with Crippen molar-refractivity contribution in [2.75, 3.05) is 31.9 Å². The van der Waals surface area contributed by atoms with Crippen molar-refractivity contribution in [3.63, 3.8) is 0 Å². The first-order chi connectivity index (χ1) is 13.2. The Hall–Kier alpha value is -1.60. The SMILES string of the molecule is CCNC(=NCC1CCCN1Cc1ccccc1)NCCS(=O)(=O)C(C)(C)C. The van der Waals surface area contributed by atoms with Crippen LogP contribution in [0.1, 0.15) is 46.1 Å². The maximum atomic E-state index is 12.3. The van der Waals surface area contributed by atoms with Crippen LogP contribution in [0.3, 0.4) is 0 Å². The average Bonchev–Trinajstić information content (AvgIpc) is 3.06. The first kappa shape index (κ1) is 22.7. The number of sulfone groups is 1. The standard InChI is InChI=1S/C21H36N4O2S/c1-5-22-20(23-13-15-28(26,27)21(2,3)4)24-16-19-12-9-14-25(19)17-18-10-7-6-8-11-18/h6-8,10-11,19H,5,9,12-17H2,1-4H3,(H2,22,23,24). The summed E-state index contributed by atoms with van der Waals surface area (Å²) in [5.74, 6) is 0.794. The Kier molecular flexibility index (Phi) is 8.31. The van der Waals surface area contributed by atoms with E-state index in [1.807, 2.05) is 13.0 Å². The van der Waals surface area contributed by atoms with Crippen molar-refractivity contribution < 1.29 is 8.42 Å². The molecule has 0 amide bonds. The van der Waals surface area contributed by atoms with E-state index in [0.29, 0.717) is 25.1 Å². The van der Waals surface area contributed by atoms with Gasteiger partial charge in [-0.1, -0.05) is 30.3 Å². The van der Waals surface area contributed by atoms with Gasteiger partial charge in [0.05, 0.1) is 17.0 Å². The molecule has 0 aromatic heterocycles. The molecule has 1 aromatic rings. The second-order valence-electron chi connectivity index (χ2n) is 8.33. The number of nitrogens with one attached hydrogen (secondary N) is 2. The molecule has 28 heavy (non-hydrogen) atoms. The summed E-state index contributed by atoms with van der Waals surface area (Å²) >= 11 is 0. The monoisotopic (exact) mass is 408 g/mol. The molecule has 1 aromatic carbocycles. The minimum Gasteiger partial charge on any atom is -0.357 e. The Bertz CT molecular complexity index is 727. The lowest BCUT2D eigenvalue weighted by Gasteiger charge is -2.24. The predicted molar refractivity (Wildman–Crippen MR) is 117 cm³/mol. The Morgan fingerprint density at radius 2 is 1.93 bits per heavy atom. The quantitative estimate of drug-likeness (QED) is 0.510.